The van der Waals surface area contributed by atoms with E-state index in [-0.39, 0.29) is 17.7 Å². The Labute approximate surface area is 163 Å². The molecule has 3 aromatic rings. The number of carbonyl (C=O) groups is 2. The molecule has 4 rings (SSSR count). The van der Waals surface area contributed by atoms with Crippen LogP contribution in [-0.4, -0.2) is 21.8 Å². The standard InChI is InChI=1S/C22H20N4O2/c1-14-5-9-19(13-23-14)25-22(28)17-4-2-3-16(11-17)18-8-10-20(24-12-18)26-21(27)15-6-7-15/h2-5,8-13,15H,6-7H2,1H3,(H,25,28)(H,24,26,27). The number of hydrogen-bond acceptors (Lipinski definition) is 4. The van der Waals surface area contributed by atoms with E-state index in [1.165, 1.54) is 0 Å². The van der Waals surface area contributed by atoms with Crippen molar-refractivity contribution in [3.05, 3.63) is 72.2 Å². The fourth-order valence-electron chi connectivity index (χ4n) is 2.80. The number of anilines is 2. The Morgan fingerprint density at radius 1 is 0.929 bits per heavy atom. The molecule has 0 unspecified atom stereocenters. The Balaban J connectivity index is 1.47. The minimum absolute atomic E-state index is 0.0320. The number of carbonyl (C=O) groups excluding carboxylic acids is 2. The van der Waals surface area contributed by atoms with E-state index in [2.05, 4.69) is 20.6 Å². The first kappa shape index (κ1) is 17.9. The third-order valence-corrected chi connectivity index (χ3v) is 4.59. The summed E-state index contributed by atoms with van der Waals surface area (Å²) in [5.41, 5.74) is 3.84. The zero-order valence-electron chi connectivity index (χ0n) is 15.5. The number of benzene rings is 1. The molecule has 6 nitrogen and oxygen atoms in total. The smallest absolute Gasteiger partial charge is 0.255 e. The predicted molar refractivity (Wildman–Crippen MR) is 108 cm³/mol. The molecule has 2 N–H and O–H groups in total. The summed E-state index contributed by atoms with van der Waals surface area (Å²) in [6.45, 7) is 1.89. The van der Waals surface area contributed by atoms with Crippen molar-refractivity contribution in [3.63, 3.8) is 0 Å². The van der Waals surface area contributed by atoms with Crippen LogP contribution in [0.4, 0.5) is 11.5 Å². The molecule has 1 aliphatic rings. The number of aryl methyl sites for hydroxylation is 1. The highest BCUT2D eigenvalue weighted by atomic mass is 16.2. The van der Waals surface area contributed by atoms with Gasteiger partial charge in [-0.05, 0) is 61.7 Å². The van der Waals surface area contributed by atoms with Crippen molar-refractivity contribution in [3.8, 4) is 11.1 Å². The van der Waals surface area contributed by atoms with Gasteiger partial charge in [-0.15, -0.1) is 0 Å². The normalized spacial score (nSPS) is 13.0. The highest BCUT2D eigenvalue weighted by Crippen LogP contribution is 2.30. The van der Waals surface area contributed by atoms with Crippen LogP contribution in [0.3, 0.4) is 0 Å². The molecule has 1 aliphatic carbocycles. The van der Waals surface area contributed by atoms with Crippen molar-refractivity contribution in [1.82, 2.24) is 9.97 Å². The van der Waals surface area contributed by atoms with Gasteiger partial charge in [0.1, 0.15) is 5.82 Å². The first-order chi connectivity index (χ1) is 13.6. The first-order valence-corrected chi connectivity index (χ1v) is 9.20. The zero-order valence-corrected chi connectivity index (χ0v) is 15.5. The highest BCUT2D eigenvalue weighted by Gasteiger charge is 2.29. The second-order valence-corrected chi connectivity index (χ2v) is 6.92. The monoisotopic (exact) mass is 372 g/mol. The highest BCUT2D eigenvalue weighted by molar-refractivity contribution is 6.04. The van der Waals surface area contributed by atoms with Gasteiger partial charge in [0.2, 0.25) is 5.91 Å². The van der Waals surface area contributed by atoms with Crippen LogP contribution in [0.5, 0.6) is 0 Å². The van der Waals surface area contributed by atoms with Crippen LogP contribution >= 0.6 is 0 Å². The lowest BCUT2D eigenvalue weighted by Crippen LogP contribution is -2.14. The third-order valence-electron chi connectivity index (χ3n) is 4.59. The molecular weight excluding hydrogens is 352 g/mol. The molecule has 1 fully saturated rings. The summed E-state index contributed by atoms with van der Waals surface area (Å²) in [6, 6.07) is 14.7. The van der Waals surface area contributed by atoms with Crippen molar-refractivity contribution in [2.75, 3.05) is 10.6 Å². The van der Waals surface area contributed by atoms with Gasteiger partial charge in [-0.25, -0.2) is 4.98 Å². The van der Waals surface area contributed by atoms with E-state index in [1.807, 2.05) is 43.3 Å². The van der Waals surface area contributed by atoms with Crippen LogP contribution < -0.4 is 10.6 Å². The number of rotatable bonds is 5. The average Bonchev–Trinajstić information content (AvgIpc) is 3.56. The van der Waals surface area contributed by atoms with Crippen molar-refractivity contribution < 1.29 is 9.59 Å². The SMILES string of the molecule is Cc1ccc(NC(=O)c2cccc(-c3ccc(NC(=O)C4CC4)nc3)c2)cn1. The molecular formula is C22H20N4O2. The summed E-state index contributed by atoms with van der Waals surface area (Å²) >= 11 is 0. The zero-order chi connectivity index (χ0) is 19.5. The molecule has 2 heterocycles. The summed E-state index contributed by atoms with van der Waals surface area (Å²) in [6.07, 6.45) is 5.24. The Morgan fingerprint density at radius 2 is 1.79 bits per heavy atom. The third kappa shape index (κ3) is 4.23. The number of pyridine rings is 2. The van der Waals surface area contributed by atoms with Crippen molar-refractivity contribution in [1.29, 1.82) is 0 Å². The van der Waals surface area contributed by atoms with Gasteiger partial charge >= 0.3 is 0 Å². The number of aromatic nitrogens is 2. The fourth-order valence-corrected chi connectivity index (χ4v) is 2.80. The lowest BCUT2D eigenvalue weighted by molar-refractivity contribution is -0.117. The minimum Gasteiger partial charge on any atom is -0.321 e. The minimum atomic E-state index is -0.200. The molecule has 2 aromatic heterocycles. The summed E-state index contributed by atoms with van der Waals surface area (Å²) in [4.78, 5) is 32.8. The van der Waals surface area contributed by atoms with E-state index >= 15 is 0 Å². The second kappa shape index (κ2) is 7.60. The summed E-state index contributed by atoms with van der Waals surface area (Å²) in [5.74, 6) is 0.514. The summed E-state index contributed by atoms with van der Waals surface area (Å²) in [5, 5.41) is 5.67. The number of hydrogen-bond donors (Lipinski definition) is 2. The molecule has 0 atom stereocenters. The van der Waals surface area contributed by atoms with Crippen LogP contribution in [0.1, 0.15) is 28.9 Å². The van der Waals surface area contributed by atoms with Crippen LogP contribution in [-0.2, 0) is 4.79 Å². The molecule has 0 aliphatic heterocycles. The maximum Gasteiger partial charge on any atom is 0.255 e. The summed E-state index contributed by atoms with van der Waals surface area (Å²) < 4.78 is 0. The predicted octanol–water partition coefficient (Wildman–Crippen LogP) is 4.05. The van der Waals surface area contributed by atoms with Crippen molar-refractivity contribution >= 4 is 23.3 Å². The second-order valence-electron chi connectivity index (χ2n) is 6.92. The van der Waals surface area contributed by atoms with E-state index in [0.717, 1.165) is 29.7 Å². The van der Waals surface area contributed by atoms with Gasteiger partial charge in [0.15, 0.2) is 0 Å². The lowest BCUT2D eigenvalue weighted by Gasteiger charge is -2.08. The molecule has 0 spiro atoms. The van der Waals surface area contributed by atoms with Gasteiger partial charge in [0.05, 0.1) is 11.9 Å². The van der Waals surface area contributed by atoms with Gasteiger partial charge < -0.3 is 10.6 Å². The number of nitrogens with one attached hydrogen (secondary N) is 2. The maximum absolute atomic E-state index is 12.5. The van der Waals surface area contributed by atoms with E-state index in [1.54, 1.807) is 24.5 Å². The number of nitrogens with zero attached hydrogens (tertiary/aromatic N) is 2. The molecule has 1 saturated carbocycles. The van der Waals surface area contributed by atoms with E-state index < -0.39 is 0 Å². The van der Waals surface area contributed by atoms with Gasteiger partial charge in [-0.1, -0.05) is 12.1 Å². The van der Waals surface area contributed by atoms with Crippen LogP contribution in [0.25, 0.3) is 11.1 Å². The molecule has 0 bridgehead atoms. The van der Waals surface area contributed by atoms with Gasteiger partial charge in [-0.3, -0.25) is 14.6 Å². The van der Waals surface area contributed by atoms with Crippen LogP contribution in [0.2, 0.25) is 0 Å². The molecule has 0 saturated heterocycles. The summed E-state index contributed by atoms with van der Waals surface area (Å²) in [7, 11) is 0. The topological polar surface area (TPSA) is 84.0 Å². The molecule has 28 heavy (non-hydrogen) atoms. The average molecular weight is 372 g/mol. The molecule has 140 valence electrons. The number of amides is 2. The van der Waals surface area contributed by atoms with Gasteiger partial charge in [-0.2, -0.15) is 0 Å². The van der Waals surface area contributed by atoms with E-state index in [9.17, 15) is 9.59 Å². The molecule has 6 heteroatoms. The Morgan fingerprint density at radius 3 is 2.46 bits per heavy atom. The van der Waals surface area contributed by atoms with Crippen molar-refractivity contribution in [2.24, 2.45) is 5.92 Å². The molecule has 2 amide bonds. The molecule has 0 radical (unpaired) electrons. The Kier molecular flexibility index (Phi) is 4.85. The van der Waals surface area contributed by atoms with Crippen LogP contribution in [0, 0.1) is 12.8 Å². The first-order valence-electron chi connectivity index (χ1n) is 9.20. The van der Waals surface area contributed by atoms with Crippen LogP contribution in [0.15, 0.2) is 60.9 Å². The largest absolute Gasteiger partial charge is 0.321 e. The Hall–Kier alpha value is -3.54. The fraction of sp³-hybridized carbons (Fsp3) is 0.182. The lowest BCUT2D eigenvalue weighted by atomic mass is 10.0. The van der Waals surface area contributed by atoms with Gasteiger partial charge in [0.25, 0.3) is 5.91 Å². The molecule has 1 aromatic carbocycles. The maximum atomic E-state index is 12.5. The van der Waals surface area contributed by atoms with E-state index in [4.69, 9.17) is 0 Å². The van der Waals surface area contributed by atoms with E-state index in [0.29, 0.717) is 17.1 Å². The quantitative estimate of drug-likeness (QED) is 0.708. The van der Waals surface area contributed by atoms with Gasteiger partial charge in [0, 0.05) is 28.9 Å². The van der Waals surface area contributed by atoms with Crippen molar-refractivity contribution in [2.45, 2.75) is 19.8 Å². The Bertz CT molecular complexity index is 1010.